The third-order valence-electron chi connectivity index (χ3n) is 17.1. The van der Waals surface area contributed by atoms with Crippen molar-refractivity contribution in [2.75, 3.05) is 19.8 Å². The van der Waals surface area contributed by atoms with E-state index in [9.17, 15) is 35.1 Å². The summed E-state index contributed by atoms with van der Waals surface area (Å²) in [5.74, 6) is -8.34. The number of aromatic hydroxyl groups is 4. The zero-order valence-corrected chi connectivity index (χ0v) is 59.3. The van der Waals surface area contributed by atoms with Gasteiger partial charge in [-0.3, -0.25) is 0 Å². The van der Waals surface area contributed by atoms with Crippen LogP contribution in [-0.2, 0) is 71.8 Å². The standard InChI is InChI=1S/C89H76O21/c90-72-41-68(42-73(91)81(72)103-53-64-33-17-5-18-34-64)85(94)107-57-80(110-88(97)69-43-74(92)82(75(93)44-69)104-54-65-35-19-6-20-36-65)89(98,58-108-86(95)70-45-76(99-49-60-25-9-1-10-26-60)83(105-55-66-37-21-7-22-38-66)77(46-70)100-50-61-27-11-2-12-28-61)59-109-87(96)71-47-78(101-51-62-29-13-3-14-30-62)84(106-56-67-39-23-8-24-40-67)79(48-71)102-52-63-31-15-4-16-32-63/h1-48,80,90-93,98H,49-59H2. The van der Waals surface area contributed by atoms with Crippen LogP contribution in [0.15, 0.2) is 291 Å². The minimum absolute atomic E-state index is 0.0226. The number of ether oxygens (including phenoxy) is 12. The molecule has 558 valence electrons. The maximum absolute atomic E-state index is 15.2. The van der Waals surface area contributed by atoms with Crippen LogP contribution in [0, 0.1) is 0 Å². The minimum atomic E-state index is -3.01. The fraction of sp³-hybridized carbons (Fsp3) is 0.146. The Hall–Kier alpha value is -13.9. The van der Waals surface area contributed by atoms with Gasteiger partial charge in [0.1, 0.15) is 72.7 Å². The van der Waals surface area contributed by atoms with Crippen molar-refractivity contribution in [2.45, 2.75) is 64.6 Å². The van der Waals surface area contributed by atoms with E-state index in [1.807, 2.05) is 182 Å². The first-order valence-corrected chi connectivity index (χ1v) is 34.9. The molecule has 12 aromatic rings. The topological polar surface area (TPSA) is 280 Å². The molecule has 0 aliphatic carbocycles. The lowest BCUT2D eigenvalue weighted by atomic mass is 9.98. The van der Waals surface area contributed by atoms with Crippen LogP contribution < -0.4 is 37.9 Å². The fourth-order valence-corrected chi connectivity index (χ4v) is 11.2. The van der Waals surface area contributed by atoms with Crippen molar-refractivity contribution in [2.24, 2.45) is 0 Å². The Kier molecular flexibility index (Phi) is 25.7. The molecule has 0 aliphatic rings. The van der Waals surface area contributed by atoms with E-state index < -0.39 is 95.3 Å². The van der Waals surface area contributed by atoms with E-state index in [-0.39, 0.29) is 104 Å². The average molecular weight is 1480 g/mol. The van der Waals surface area contributed by atoms with Gasteiger partial charge in [-0.1, -0.05) is 243 Å². The summed E-state index contributed by atoms with van der Waals surface area (Å²) in [5, 5.41) is 58.8. The number of carbonyl (C=O) groups excluding carboxylic acids is 4. The molecule has 1 unspecified atom stereocenters. The molecule has 12 aromatic carbocycles. The van der Waals surface area contributed by atoms with Gasteiger partial charge in [0.2, 0.25) is 23.0 Å². The number of esters is 4. The van der Waals surface area contributed by atoms with Crippen LogP contribution in [-0.4, -0.2) is 80.9 Å². The van der Waals surface area contributed by atoms with Crippen LogP contribution >= 0.6 is 0 Å². The molecule has 21 heteroatoms. The van der Waals surface area contributed by atoms with E-state index in [0.29, 0.717) is 11.1 Å². The van der Waals surface area contributed by atoms with Crippen LogP contribution in [0.4, 0.5) is 0 Å². The number of hydrogen-bond acceptors (Lipinski definition) is 21. The zero-order chi connectivity index (χ0) is 76.4. The Labute approximate surface area is 633 Å². The number of rotatable bonds is 36. The second-order valence-corrected chi connectivity index (χ2v) is 25.2. The summed E-state index contributed by atoms with van der Waals surface area (Å²) < 4.78 is 74.4. The van der Waals surface area contributed by atoms with Gasteiger partial charge in [0.05, 0.1) is 22.3 Å². The lowest BCUT2D eigenvalue weighted by molar-refractivity contribution is -0.150. The van der Waals surface area contributed by atoms with Crippen molar-refractivity contribution in [3.63, 3.8) is 0 Å². The number of aliphatic hydroxyl groups is 1. The van der Waals surface area contributed by atoms with Gasteiger partial charge in [-0.2, -0.15) is 0 Å². The van der Waals surface area contributed by atoms with Gasteiger partial charge in [0.25, 0.3) is 0 Å². The van der Waals surface area contributed by atoms with Gasteiger partial charge in [0, 0.05) is 0 Å². The van der Waals surface area contributed by atoms with Gasteiger partial charge < -0.3 is 82.4 Å². The molecule has 110 heavy (non-hydrogen) atoms. The van der Waals surface area contributed by atoms with Crippen molar-refractivity contribution >= 4 is 23.9 Å². The Morgan fingerprint density at radius 2 is 0.473 bits per heavy atom. The summed E-state index contributed by atoms with van der Waals surface area (Å²) in [5.41, 5.74) is 1.41. The zero-order valence-electron chi connectivity index (χ0n) is 59.3. The molecule has 0 saturated carbocycles. The Morgan fingerprint density at radius 1 is 0.264 bits per heavy atom. The summed E-state index contributed by atoms with van der Waals surface area (Å²) in [7, 11) is 0. The molecular weight excluding hydrogens is 1400 g/mol. The van der Waals surface area contributed by atoms with E-state index in [0.717, 1.165) is 57.6 Å². The third-order valence-corrected chi connectivity index (χ3v) is 17.1. The lowest BCUT2D eigenvalue weighted by Gasteiger charge is -2.34. The van der Waals surface area contributed by atoms with Gasteiger partial charge >= 0.3 is 23.9 Å². The van der Waals surface area contributed by atoms with E-state index in [1.165, 1.54) is 24.3 Å². The number of phenolic OH excluding ortho intramolecular Hbond substituents is 4. The molecule has 12 rings (SSSR count). The van der Waals surface area contributed by atoms with E-state index in [1.54, 1.807) is 60.7 Å². The summed E-state index contributed by atoms with van der Waals surface area (Å²) >= 11 is 0. The average Bonchev–Trinajstić information content (AvgIpc) is 0.812. The molecule has 0 spiro atoms. The maximum atomic E-state index is 15.2. The summed E-state index contributed by atoms with van der Waals surface area (Å²) in [6, 6.07) is 82.0. The molecule has 0 saturated heterocycles. The Bertz CT molecular complexity index is 4650. The molecule has 0 aromatic heterocycles. The first-order valence-electron chi connectivity index (χ1n) is 34.9. The Balaban J connectivity index is 0.930. The number of benzene rings is 12. The normalized spacial score (nSPS) is 11.2. The second-order valence-electron chi connectivity index (χ2n) is 25.2. The maximum Gasteiger partial charge on any atom is 0.338 e. The van der Waals surface area contributed by atoms with E-state index in [2.05, 4.69) is 0 Å². The number of hydrogen-bond donors (Lipinski definition) is 5. The van der Waals surface area contributed by atoms with Crippen molar-refractivity contribution < 1.29 is 102 Å². The summed E-state index contributed by atoms with van der Waals surface area (Å²) in [6.07, 6.45) is -2.29. The van der Waals surface area contributed by atoms with Crippen molar-refractivity contribution in [1.29, 1.82) is 0 Å². The molecular formula is C89H76O21. The molecule has 0 heterocycles. The predicted molar refractivity (Wildman–Crippen MR) is 404 cm³/mol. The molecule has 1 atom stereocenters. The van der Waals surface area contributed by atoms with E-state index >= 15 is 9.59 Å². The third kappa shape index (κ3) is 21.0. The van der Waals surface area contributed by atoms with Crippen molar-refractivity contribution in [3.05, 3.63) is 358 Å². The molecule has 0 amide bonds. The van der Waals surface area contributed by atoms with Gasteiger partial charge in [-0.25, -0.2) is 19.2 Å². The second kappa shape index (κ2) is 37.4. The first kappa shape index (κ1) is 75.8. The van der Waals surface area contributed by atoms with Gasteiger partial charge in [-0.15, -0.1) is 0 Å². The summed E-state index contributed by atoms with van der Waals surface area (Å²) in [6.45, 7) is -3.95. The quantitative estimate of drug-likeness (QED) is 0.0180. The highest BCUT2D eigenvalue weighted by atomic mass is 16.6. The highest BCUT2D eigenvalue weighted by molar-refractivity contribution is 5.94. The van der Waals surface area contributed by atoms with Crippen molar-refractivity contribution in [3.8, 4) is 69.0 Å². The largest absolute Gasteiger partial charge is 0.504 e. The first-order chi connectivity index (χ1) is 53.7. The van der Waals surface area contributed by atoms with Crippen molar-refractivity contribution in [1.82, 2.24) is 0 Å². The van der Waals surface area contributed by atoms with Gasteiger partial charge in [0.15, 0.2) is 57.7 Å². The SMILES string of the molecule is O=C(OCC(OC(=O)c1cc(O)c(OCc2ccccc2)c(O)c1)C(O)(COC(=O)c1cc(OCc2ccccc2)c(OCc2ccccc2)c(OCc2ccccc2)c1)COC(=O)c1cc(OCc2ccccc2)c(OCc2ccccc2)c(OCc2ccccc2)c1)c1cc(O)c(OCc2ccccc2)c(O)c1. The van der Waals surface area contributed by atoms with Crippen LogP contribution in [0.25, 0.3) is 0 Å². The number of carbonyl (C=O) groups is 4. The van der Waals surface area contributed by atoms with Gasteiger partial charge in [-0.05, 0) is 93.0 Å². The number of phenols is 4. The lowest BCUT2D eigenvalue weighted by Crippen LogP contribution is -2.55. The van der Waals surface area contributed by atoms with Crippen LogP contribution in [0.5, 0.6) is 69.0 Å². The van der Waals surface area contributed by atoms with E-state index in [4.69, 9.17) is 56.8 Å². The van der Waals surface area contributed by atoms with Crippen LogP contribution in [0.1, 0.15) is 85.9 Å². The predicted octanol–water partition coefficient (Wildman–Crippen LogP) is 16.0. The highest BCUT2D eigenvalue weighted by Crippen LogP contribution is 2.44. The molecule has 0 aliphatic heterocycles. The molecule has 0 bridgehead atoms. The molecule has 0 fully saturated rings. The molecule has 21 nitrogen and oxygen atoms in total. The molecule has 0 radical (unpaired) electrons. The smallest absolute Gasteiger partial charge is 0.338 e. The Morgan fingerprint density at radius 3 is 0.727 bits per heavy atom. The fourth-order valence-electron chi connectivity index (χ4n) is 11.2. The molecule has 5 N–H and O–H groups in total. The minimum Gasteiger partial charge on any atom is -0.504 e. The van der Waals surface area contributed by atoms with Crippen LogP contribution in [0.2, 0.25) is 0 Å². The van der Waals surface area contributed by atoms with Crippen LogP contribution in [0.3, 0.4) is 0 Å². The summed E-state index contributed by atoms with van der Waals surface area (Å²) in [4.78, 5) is 59.7. The highest BCUT2D eigenvalue weighted by Gasteiger charge is 2.45. The monoisotopic (exact) mass is 1480 g/mol.